The summed E-state index contributed by atoms with van der Waals surface area (Å²) >= 11 is 0. The second-order valence-corrected chi connectivity index (χ2v) is 7.77. The lowest BCUT2D eigenvalue weighted by molar-refractivity contribution is -0.746. The minimum absolute atomic E-state index is 0.415. The van der Waals surface area contributed by atoms with Gasteiger partial charge in [-0.25, -0.2) is 10.0 Å². The van der Waals surface area contributed by atoms with Gasteiger partial charge in [0.2, 0.25) is 12.0 Å². The van der Waals surface area contributed by atoms with Crippen molar-refractivity contribution in [2.75, 3.05) is 12.1 Å². The number of hydrogen-bond acceptors (Lipinski definition) is 5. The van der Waals surface area contributed by atoms with Crippen molar-refractivity contribution in [3.8, 4) is 17.2 Å². The van der Waals surface area contributed by atoms with Crippen molar-refractivity contribution in [1.82, 2.24) is 0 Å². The first kappa shape index (κ1) is 18.6. The average Bonchev–Trinajstić information content (AvgIpc) is 3.17. The number of hydrogen-bond donors (Lipinski definition) is 0. The molecule has 0 radical (unpaired) electrons. The minimum atomic E-state index is 0.415. The van der Waals surface area contributed by atoms with Crippen molar-refractivity contribution in [2.24, 2.45) is 9.98 Å². The average molecular weight is 401 g/mol. The number of aryl methyl sites for hydroxylation is 1. The van der Waals surface area contributed by atoms with Gasteiger partial charge in [-0.3, -0.25) is 4.99 Å². The summed E-state index contributed by atoms with van der Waals surface area (Å²) < 4.78 is 12.3. The second-order valence-electron chi connectivity index (χ2n) is 7.77. The van der Waals surface area contributed by atoms with Gasteiger partial charge in [0.25, 0.3) is 0 Å². The number of anilines is 1. The molecule has 1 aliphatic carbocycles. The van der Waals surface area contributed by atoms with E-state index in [2.05, 4.69) is 40.3 Å². The molecule has 1 saturated carbocycles. The summed E-state index contributed by atoms with van der Waals surface area (Å²) in [5.74, 6) is 2.20. The Bertz CT molecular complexity index is 1070. The number of ether oxygens (including phenoxy) is 2. The van der Waals surface area contributed by atoms with Crippen LogP contribution in [-0.2, 0) is 0 Å². The predicted octanol–water partition coefficient (Wildman–Crippen LogP) is 5.33. The Morgan fingerprint density at radius 1 is 1.07 bits per heavy atom. The molecule has 0 aromatic heterocycles. The molecule has 0 N–H and O–H groups in total. The number of methoxy groups -OCH3 is 1. The van der Waals surface area contributed by atoms with E-state index in [1.54, 1.807) is 7.11 Å². The van der Waals surface area contributed by atoms with E-state index in [0.29, 0.717) is 22.1 Å². The predicted molar refractivity (Wildman–Crippen MR) is 119 cm³/mol. The van der Waals surface area contributed by atoms with Crippen molar-refractivity contribution in [3.05, 3.63) is 72.3 Å². The summed E-state index contributed by atoms with van der Waals surface area (Å²) in [6.45, 7) is 2.12. The first-order valence-electron chi connectivity index (χ1n) is 10.3. The Balaban J connectivity index is 1.59. The first-order chi connectivity index (χ1) is 14.7. The fraction of sp³-hybridized carbons (Fsp3) is 0.250. The number of quaternary nitrogens is 1. The van der Waals surface area contributed by atoms with Gasteiger partial charge < -0.3 is 9.47 Å². The molecule has 2 aromatic carbocycles. The Kier molecular flexibility index (Phi) is 4.64. The van der Waals surface area contributed by atoms with Crippen LogP contribution in [0.2, 0.25) is 0 Å². The molecule has 0 saturated heterocycles. The Labute approximate surface area is 176 Å². The van der Waals surface area contributed by atoms with Crippen LogP contribution in [0.5, 0.6) is 17.2 Å². The fourth-order valence-electron chi connectivity index (χ4n) is 4.16. The van der Waals surface area contributed by atoms with E-state index in [4.69, 9.17) is 9.47 Å². The number of fused-ring (bicyclic) bond motifs is 1. The third kappa shape index (κ3) is 3.00. The zero-order valence-corrected chi connectivity index (χ0v) is 17.2. The molecule has 30 heavy (non-hydrogen) atoms. The topological polar surface area (TPSA) is 46.4 Å². The summed E-state index contributed by atoms with van der Waals surface area (Å²) in [4.78, 5) is 8.80. The maximum Gasteiger partial charge on any atom is 0.225 e. The van der Waals surface area contributed by atoms with E-state index < -0.39 is 0 Å². The maximum absolute atomic E-state index is 6.13. The van der Waals surface area contributed by atoms with E-state index in [0.717, 1.165) is 35.5 Å². The lowest BCUT2D eigenvalue weighted by Crippen LogP contribution is -2.61. The lowest BCUT2D eigenvalue weighted by Gasteiger charge is -2.47. The molecule has 0 bridgehead atoms. The smallest absolute Gasteiger partial charge is 0.225 e. The van der Waals surface area contributed by atoms with Gasteiger partial charge in [0, 0.05) is 6.07 Å². The standard InChI is InChI=1S/C24H25N4O2/c1-18-13-24(30-21-9-4-3-5-10-21)23(29-2)14-22(18)27(19-7-6-8-19)28-12-11-25-15-20(28)16-26-17-28/h3-5,9-17,19H,6-8H2,1-2H3/q+1. The molecule has 2 heterocycles. The molecule has 6 heteroatoms. The summed E-state index contributed by atoms with van der Waals surface area (Å²) in [5, 5.41) is 2.43. The molecule has 6 nitrogen and oxygen atoms in total. The SMILES string of the molecule is COc1cc(N(C2CCC2)[N+]23C=CN=CC2=CN=C3)c(C)cc1Oc1ccccc1. The van der Waals surface area contributed by atoms with E-state index in [-0.39, 0.29) is 0 Å². The summed E-state index contributed by atoms with van der Waals surface area (Å²) in [6.07, 6.45) is 13.2. The monoisotopic (exact) mass is 401 g/mol. The molecule has 3 aliphatic rings. The van der Waals surface area contributed by atoms with Crippen molar-refractivity contribution in [1.29, 1.82) is 0 Å². The Morgan fingerprint density at radius 3 is 2.63 bits per heavy atom. The third-order valence-corrected chi connectivity index (χ3v) is 5.93. The number of aliphatic imine (C=N–C) groups is 2. The van der Waals surface area contributed by atoms with Crippen molar-refractivity contribution in [2.45, 2.75) is 32.2 Å². The molecule has 2 aliphatic heterocycles. The molecule has 2 aromatic rings. The summed E-state index contributed by atoms with van der Waals surface area (Å²) in [6, 6.07) is 14.3. The lowest BCUT2D eigenvalue weighted by atomic mass is 9.91. The third-order valence-electron chi connectivity index (χ3n) is 5.93. The number of para-hydroxylation sites is 1. The molecule has 152 valence electrons. The first-order valence-corrected chi connectivity index (χ1v) is 10.3. The van der Waals surface area contributed by atoms with Gasteiger partial charge >= 0.3 is 0 Å². The fourth-order valence-corrected chi connectivity index (χ4v) is 4.16. The molecule has 0 amide bonds. The second kappa shape index (κ2) is 7.46. The summed E-state index contributed by atoms with van der Waals surface area (Å²) in [7, 11) is 1.68. The highest BCUT2D eigenvalue weighted by Crippen LogP contribution is 2.44. The van der Waals surface area contributed by atoms with Gasteiger partial charge in [-0.05, 0) is 49.9 Å². The van der Waals surface area contributed by atoms with Crippen LogP contribution in [0.25, 0.3) is 0 Å². The van der Waals surface area contributed by atoms with E-state index in [1.165, 1.54) is 6.42 Å². The van der Waals surface area contributed by atoms with Crippen LogP contribution < -0.4 is 14.5 Å². The highest BCUT2D eigenvalue weighted by molar-refractivity contribution is 5.82. The van der Waals surface area contributed by atoms with Crippen LogP contribution in [-0.4, -0.2) is 30.3 Å². The minimum Gasteiger partial charge on any atom is -0.493 e. The van der Waals surface area contributed by atoms with E-state index >= 15 is 0 Å². The van der Waals surface area contributed by atoms with E-state index in [1.807, 2.05) is 55.3 Å². The number of rotatable bonds is 6. The molecule has 5 rings (SSSR count). The van der Waals surface area contributed by atoms with Crippen molar-refractivity contribution in [3.63, 3.8) is 0 Å². The van der Waals surface area contributed by atoms with Crippen molar-refractivity contribution >= 4 is 18.2 Å². The van der Waals surface area contributed by atoms with Crippen LogP contribution >= 0.6 is 0 Å². The van der Waals surface area contributed by atoms with Crippen LogP contribution in [0.15, 0.2) is 76.7 Å². The Hall–Kier alpha value is -3.38. The summed E-state index contributed by atoms with van der Waals surface area (Å²) in [5.41, 5.74) is 3.26. The quantitative estimate of drug-likeness (QED) is 0.615. The zero-order chi connectivity index (χ0) is 20.6. The largest absolute Gasteiger partial charge is 0.493 e. The maximum atomic E-state index is 6.13. The van der Waals surface area contributed by atoms with Crippen LogP contribution in [0.3, 0.4) is 0 Å². The number of benzene rings is 2. The molecular weight excluding hydrogens is 376 g/mol. The molecule has 0 spiro atoms. The number of allylic oxidation sites excluding steroid dienone is 1. The number of nitrogens with zero attached hydrogens (tertiary/aromatic N) is 4. The van der Waals surface area contributed by atoms with Gasteiger partial charge in [0.05, 0.1) is 37.5 Å². The molecule has 1 atom stereocenters. The van der Waals surface area contributed by atoms with Gasteiger partial charge in [-0.1, -0.05) is 18.2 Å². The Morgan fingerprint density at radius 2 is 1.90 bits per heavy atom. The van der Waals surface area contributed by atoms with Gasteiger partial charge in [-0.15, -0.1) is 4.59 Å². The van der Waals surface area contributed by atoms with Crippen LogP contribution in [0, 0.1) is 6.92 Å². The van der Waals surface area contributed by atoms with Crippen LogP contribution in [0.1, 0.15) is 24.8 Å². The molecule has 1 unspecified atom stereocenters. The highest BCUT2D eigenvalue weighted by Gasteiger charge is 2.47. The highest BCUT2D eigenvalue weighted by atomic mass is 16.5. The van der Waals surface area contributed by atoms with E-state index in [9.17, 15) is 0 Å². The zero-order valence-electron chi connectivity index (χ0n) is 17.2. The van der Waals surface area contributed by atoms with Gasteiger partial charge in [0.15, 0.2) is 17.7 Å². The normalized spacial score (nSPS) is 21.7. The van der Waals surface area contributed by atoms with Gasteiger partial charge in [0.1, 0.15) is 5.75 Å². The molecular formula is C24H25N4O2+. The molecule has 1 fully saturated rings. The van der Waals surface area contributed by atoms with Crippen molar-refractivity contribution < 1.29 is 14.1 Å². The van der Waals surface area contributed by atoms with Gasteiger partial charge in [-0.2, -0.15) is 0 Å². The van der Waals surface area contributed by atoms with Crippen LogP contribution in [0.4, 0.5) is 5.69 Å².